The molecule has 2 N–H and O–H groups in total. The molecule has 0 spiro atoms. The Morgan fingerprint density at radius 3 is 2.58 bits per heavy atom. The number of thioether (sulfide) groups is 1. The fraction of sp³-hybridized carbons (Fsp3) is 0.308. The number of rotatable bonds is 7. The molecule has 1 rings (SSSR count). The van der Waals surface area contributed by atoms with Gasteiger partial charge in [-0.05, 0) is 36.4 Å². The first kappa shape index (κ1) is 15.1. The van der Waals surface area contributed by atoms with Crippen molar-refractivity contribution in [3.8, 4) is 6.07 Å². The molecule has 0 atom stereocenters. The Labute approximate surface area is 115 Å². The van der Waals surface area contributed by atoms with E-state index in [4.69, 9.17) is 10.4 Å². The zero-order valence-corrected chi connectivity index (χ0v) is 11.1. The van der Waals surface area contributed by atoms with Gasteiger partial charge in [-0.1, -0.05) is 0 Å². The van der Waals surface area contributed by atoms with E-state index in [2.05, 4.69) is 5.32 Å². The summed E-state index contributed by atoms with van der Waals surface area (Å²) in [5.41, 5.74) is 0.761. The predicted molar refractivity (Wildman–Crippen MR) is 74.2 cm³/mol. The lowest BCUT2D eigenvalue weighted by Crippen LogP contribution is -2.14. The largest absolute Gasteiger partial charge is 0.478 e. The molecule has 0 fully saturated rings. The molecule has 0 saturated heterocycles. The SMILES string of the molecule is N#CCCCSCC(=O)Nc1ccc(C(=O)O)cc1. The smallest absolute Gasteiger partial charge is 0.335 e. The Morgan fingerprint density at radius 1 is 1.32 bits per heavy atom. The Bertz CT molecular complexity index is 480. The van der Waals surface area contributed by atoms with Gasteiger partial charge in [-0.3, -0.25) is 4.79 Å². The van der Waals surface area contributed by atoms with Crippen LogP contribution in [0.4, 0.5) is 5.69 Å². The minimum atomic E-state index is -0.995. The number of carboxylic acid groups (broad SMARTS) is 1. The molecule has 5 nitrogen and oxygen atoms in total. The number of anilines is 1. The van der Waals surface area contributed by atoms with E-state index >= 15 is 0 Å². The molecule has 1 aromatic carbocycles. The normalized spacial score (nSPS) is 9.63. The molecule has 0 radical (unpaired) electrons. The summed E-state index contributed by atoms with van der Waals surface area (Å²) in [6, 6.07) is 8.05. The second kappa shape index (κ2) is 8.16. The van der Waals surface area contributed by atoms with E-state index in [9.17, 15) is 9.59 Å². The average Bonchev–Trinajstić information content (AvgIpc) is 2.39. The summed E-state index contributed by atoms with van der Waals surface area (Å²) in [4.78, 5) is 22.2. The van der Waals surface area contributed by atoms with E-state index in [1.54, 1.807) is 12.1 Å². The van der Waals surface area contributed by atoms with Gasteiger partial charge in [0.05, 0.1) is 17.4 Å². The molecule has 0 heterocycles. The van der Waals surface area contributed by atoms with Gasteiger partial charge in [0.1, 0.15) is 0 Å². The van der Waals surface area contributed by atoms with Gasteiger partial charge in [0.2, 0.25) is 5.91 Å². The number of carbonyl (C=O) groups excluding carboxylic acids is 1. The fourth-order valence-corrected chi connectivity index (χ4v) is 2.06. The number of amides is 1. The summed E-state index contributed by atoms with van der Waals surface area (Å²) in [5.74, 6) is -0.0265. The van der Waals surface area contributed by atoms with E-state index in [1.807, 2.05) is 6.07 Å². The second-order valence-electron chi connectivity index (χ2n) is 3.74. The highest BCUT2D eigenvalue weighted by Crippen LogP contribution is 2.11. The van der Waals surface area contributed by atoms with Gasteiger partial charge >= 0.3 is 5.97 Å². The third kappa shape index (κ3) is 5.93. The second-order valence-corrected chi connectivity index (χ2v) is 4.85. The van der Waals surface area contributed by atoms with Crippen LogP contribution in [-0.2, 0) is 4.79 Å². The highest BCUT2D eigenvalue weighted by molar-refractivity contribution is 7.99. The number of unbranched alkanes of at least 4 members (excludes halogenated alkanes) is 1. The first-order chi connectivity index (χ1) is 9.13. The Morgan fingerprint density at radius 2 is 2.00 bits per heavy atom. The van der Waals surface area contributed by atoms with Crippen LogP contribution in [0.5, 0.6) is 0 Å². The molecule has 0 aliphatic heterocycles. The fourth-order valence-electron chi connectivity index (χ4n) is 1.31. The van der Waals surface area contributed by atoms with E-state index in [0.717, 1.165) is 12.2 Å². The van der Waals surface area contributed by atoms with Crippen LogP contribution >= 0.6 is 11.8 Å². The number of nitriles is 1. The van der Waals surface area contributed by atoms with Crippen molar-refractivity contribution in [2.75, 3.05) is 16.8 Å². The lowest BCUT2D eigenvalue weighted by molar-refractivity contribution is -0.113. The van der Waals surface area contributed by atoms with Crippen LogP contribution in [0.3, 0.4) is 0 Å². The number of nitrogens with one attached hydrogen (secondary N) is 1. The molecule has 1 amide bonds. The predicted octanol–water partition coefficient (Wildman–Crippen LogP) is 2.36. The van der Waals surface area contributed by atoms with Gasteiger partial charge < -0.3 is 10.4 Å². The van der Waals surface area contributed by atoms with Gasteiger partial charge in [-0.2, -0.15) is 17.0 Å². The zero-order valence-electron chi connectivity index (χ0n) is 10.3. The zero-order chi connectivity index (χ0) is 14.1. The maximum atomic E-state index is 11.6. The third-order valence-electron chi connectivity index (χ3n) is 2.23. The number of nitrogens with zero attached hydrogens (tertiary/aromatic N) is 1. The summed E-state index contributed by atoms with van der Waals surface area (Å²) in [6.45, 7) is 0. The van der Waals surface area contributed by atoms with E-state index in [-0.39, 0.29) is 11.5 Å². The third-order valence-corrected chi connectivity index (χ3v) is 3.27. The standard InChI is InChI=1S/C13H14N2O3S/c14-7-1-2-8-19-9-12(16)15-11-5-3-10(4-6-11)13(17)18/h3-6H,1-2,8-9H2,(H,15,16)(H,17,18). The quantitative estimate of drug-likeness (QED) is 0.747. The summed E-state index contributed by atoms with van der Waals surface area (Å²) >= 11 is 1.47. The van der Waals surface area contributed by atoms with E-state index in [1.165, 1.54) is 23.9 Å². The van der Waals surface area contributed by atoms with Crippen molar-refractivity contribution in [3.05, 3.63) is 29.8 Å². The molecule has 6 heteroatoms. The molecule has 1 aromatic rings. The maximum Gasteiger partial charge on any atom is 0.335 e. The molecule has 0 aromatic heterocycles. The van der Waals surface area contributed by atoms with E-state index in [0.29, 0.717) is 17.9 Å². The molecule has 0 unspecified atom stereocenters. The van der Waals surface area contributed by atoms with Crippen molar-refractivity contribution >= 4 is 29.3 Å². The average molecular weight is 278 g/mol. The van der Waals surface area contributed by atoms with E-state index < -0.39 is 5.97 Å². The first-order valence-electron chi connectivity index (χ1n) is 5.71. The number of hydrogen-bond acceptors (Lipinski definition) is 4. The number of carbonyl (C=O) groups is 2. The topological polar surface area (TPSA) is 90.2 Å². The minimum Gasteiger partial charge on any atom is -0.478 e. The number of benzene rings is 1. The van der Waals surface area contributed by atoms with Gasteiger partial charge in [0, 0.05) is 12.1 Å². The molecule has 100 valence electrons. The summed E-state index contributed by atoms with van der Waals surface area (Å²) in [7, 11) is 0. The van der Waals surface area contributed by atoms with Crippen LogP contribution < -0.4 is 5.32 Å². The molecule has 0 bridgehead atoms. The summed E-state index contributed by atoms with van der Waals surface area (Å²) in [5, 5.41) is 19.8. The number of hydrogen-bond donors (Lipinski definition) is 2. The van der Waals surface area contributed by atoms with Gasteiger partial charge in [0.25, 0.3) is 0 Å². The number of aromatic carboxylic acids is 1. The molecule has 0 aliphatic carbocycles. The van der Waals surface area contributed by atoms with Crippen molar-refractivity contribution in [2.24, 2.45) is 0 Å². The highest BCUT2D eigenvalue weighted by Gasteiger charge is 2.04. The molecule has 0 aliphatic rings. The Hall–Kier alpha value is -2.00. The molecule has 0 saturated carbocycles. The minimum absolute atomic E-state index is 0.134. The Kier molecular flexibility index (Phi) is 6.47. The lowest BCUT2D eigenvalue weighted by Gasteiger charge is -2.05. The monoisotopic (exact) mass is 278 g/mol. The van der Waals surface area contributed by atoms with Crippen molar-refractivity contribution in [1.29, 1.82) is 5.26 Å². The highest BCUT2D eigenvalue weighted by atomic mass is 32.2. The molecule has 19 heavy (non-hydrogen) atoms. The maximum absolute atomic E-state index is 11.6. The molecular formula is C13H14N2O3S. The summed E-state index contributed by atoms with van der Waals surface area (Å²) in [6.07, 6.45) is 1.28. The number of carboxylic acids is 1. The van der Waals surface area contributed by atoms with Crippen molar-refractivity contribution in [2.45, 2.75) is 12.8 Å². The van der Waals surface area contributed by atoms with Crippen LogP contribution in [0.15, 0.2) is 24.3 Å². The van der Waals surface area contributed by atoms with Crippen LogP contribution in [0, 0.1) is 11.3 Å². The van der Waals surface area contributed by atoms with Gasteiger partial charge in [-0.15, -0.1) is 0 Å². The van der Waals surface area contributed by atoms with Crippen LogP contribution in [0.1, 0.15) is 23.2 Å². The lowest BCUT2D eigenvalue weighted by atomic mass is 10.2. The van der Waals surface area contributed by atoms with Crippen LogP contribution in [0.2, 0.25) is 0 Å². The Balaban J connectivity index is 2.32. The summed E-state index contributed by atoms with van der Waals surface area (Å²) < 4.78 is 0. The van der Waals surface area contributed by atoms with Crippen molar-refractivity contribution < 1.29 is 14.7 Å². The molecular weight excluding hydrogens is 264 g/mol. The van der Waals surface area contributed by atoms with Crippen LogP contribution in [-0.4, -0.2) is 28.5 Å². The van der Waals surface area contributed by atoms with Crippen LogP contribution in [0.25, 0.3) is 0 Å². The van der Waals surface area contributed by atoms with Crippen molar-refractivity contribution in [1.82, 2.24) is 0 Å². The van der Waals surface area contributed by atoms with Gasteiger partial charge in [0.15, 0.2) is 0 Å². The first-order valence-corrected chi connectivity index (χ1v) is 6.87. The van der Waals surface area contributed by atoms with Gasteiger partial charge in [-0.25, -0.2) is 4.79 Å². The van der Waals surface area contributed by atoms with Crippen molar-refractivity contribution in [3.63, 3.8) is 0 Å².